The first-order chi connectivity index (χ1) is 16.9. The lowest BCUT2D eigenvalue weighted by molar-refractivity contribution is -0.173. The quantitative estimate of drug-likeness (QED) is 0.416. The summed E-state index contributed by atoms with van der Waals surface area (Å²) in [5.41, 5.74) is 2.81. The van der Waals surface area contributed by atoms with Gasteiger partial charge in [0, 0.05) is 0 Å². The summed E-state index contributed by atoms with van der Waals surface area (Å²) in [6.45, 7) is 4.80. The van der Waals surface area contributed by atoms with Crippen molar-refractivity contribution in [2.24, 2.45) is 0 Å². The van der Waals surface area contributed by atoms with Gasteiger partial charge in [-0.3, -0.25) is 0 Å². The largest absolute Gasteiger partial charge is 0.497 e. The van der Waals surface area contributed by atoms with E-state index in [9.17, 15) is 5.11 Å². The van der Waals surface area contributed by atoms with Crippen LogP contribution in [0.4, 0.5) is 0 Å². The van der Waals surface area contributed by atoms with Crippen LogP contribution in [0.25, 0.3) is 0 Å². The van der Waals surface area contributed by atoms with Crippen LogP contribution in [0.3, 0.4) is 0 Å². The third-order valence-corrected chi connectivity index (χ3v) is 5.99. The van der Waals surface area contributed by atoms with Crippen molar-refractivity contribution < 1.29 is 28.8 Å². The zero-order chi connectivity index (χ0) is 24.7. The monoisotopic (exact) mass is 478 g/mol. The van der Waals surface area contributed by atoms with Crippen LogP contribution in [0.5, 0.6) is 5.75 Å². The highest BCUT2D eigenvalue weighted by molar-refractivity contribution is 5.26. The van der Waals surface area contributed by atoms with Crippen molar-refractivity contribution in [3.8, 4) is 5.75 Å². The molecular weight excluding hydrogens is 444 g/mol. The summed E-state index contributed by atoms with van der Waals surface area (Å²) < 4.78 is 30.0. The van der Waals surface area contributed by atoms with E-state index in [1.165, 1.54) is 0 Å². The van der Waals surface area contributed by atoms with Gasteiger partial charge in [0.05, 0.1) is 26.9 Å². The van der Waals surface area contributed by atoms with E-state index in [0.717, 1.165) is 22.4 Å². The second-order valence-electron chi connectivity index (χ2n) is 9.12. The zero-order valence-electron chi connectivity index (χ0n) is 20.5. The van der Waals surface area contributed by atoms with Gasteiger partial charge < -0.3 is 28.8 Å². The first-order valence-corrected chi connectivity index (χ1v) is 11.9. The third-order valence-electron chi connectivity index (χ3n) is 5.99. The first-order valence-electron chi connectivity index (χ1n) is 11.9. The third kappa shape index (κ3) is 6.90. The summed E-state index contributed by atoms with van der Waals surface area (Å²) in [5.74, 6) is -0.0276. The minimum Gasteiger partial charge on any atom is -0.497 e. The lowest BCUT2D eigenvalue weighted by Crippen LogP contribution is -2.43. The van der Waals surface area contributed by atoms with E-state index in [1.54, 1.807) is 7.11 Å². The number of rotatable bonds is 11. The van der Waals surface area contributed by atoms with Gasteiger partial charge in [0.15, 0.2) is 5.79 Å². The molecule has 0 spiro atoms. The molecular formula is C29H34O6. The molecule has 1 heterocycles. The molecule has 0 radical (unpaired) electrons. The summed E-state index contributed by atoms with van der Waals surface area (Å²) in [7, 11) is 1.64. The molecule has 186 valence electrons. The van der Waals surface area contributed by atoms with Crippen LogP contribution in [-0.2, 0) is 32.2 Å². The molecule has 1 fully saturated rings. The maximum absolute atomic E-state index is 11.3. The van der Waals surface area contributed by atoms with E-state index in [-0.39, 0.29) is 0 Å². The highest BCUT2D eigenvalue weighted by Gasteiger charge is 2.48. The Labute approximate surface area is 207 Å². The predicted octanol–water partition coefficient (Wildman–Crippen LogP) is 5.05. The zero-order valence-corrected chi connectivity index (χ0v) is 20.5. The van der Waals surface area contributed by atoms with E-state index in [4.69, 9.17) is 23.7 Å². The lowest BCUT2D eigenvalue weighted by atomic mass is 9.97. The van der Waals surface area contributed by atoms with Crippen molar-refractivity contribution in [1.29, 1.82) is 0 Å². The number of methoxy groups -OCH3 is 1. The van der Waals surface area contributed by atoms with Crippen molar-refractivity contribution in [3.05, 3.63) is 102 Å². The van der Waals surface area contributed by atoms with E-state index in [0.29, 0.717) is 19.8 Å². The SMILES string of the molecule is COc1ccc(COC[C@@H]2OC(C)(C)O[C@H]2[C@H](OCc2ccccc2)[C@@H](O)c2ccccc2)cc1. The number of hydrogen-bond donors (Lipinski definition) is 1. The fourth-order valence-corrected chi connectivity index (χ4v) is 4.26. The molecule has 1 aliphatic rings. The van der Waals surface area contributed by atoms with Crippen LogP contribution in [0.1, 0.15) is 36.6 Å². The minimum absolute atomic E-state index is 0.298. The second-order valence-corrected chi connectivity index (χ2v) is 9.12. The summed E-state index contributed by atoms with van der Waals surface area (Å²) in [6, 6.07) is 27.1. The van der Waals surface area contributed by atoms with Crippen molar-refractivity contribution in [2.45, 2.75) is 57.3 Å². The maximum atomic E-state index is 11.3. The molecule has 3 aromatic rings. The number of ether oxygens (including phenoxy) is 5. The van der Waals surface area contributed by atoms with Crippen LogP contribution in [0.15, 0.2) is 84.9 Å². The molecule has 0 amide bonds. The Balaban J connectivity index is 1.49. The van der Waals surface area contributed by atoms with Gasteiger partial charge in [0.2, 0.25) is 0 Å². The molecule has 0 unspecified atom stereocenters. The summed E-state index contributed by atoms with van der Waals surface area (Å²) in [6.07, 6.45) is -2.50. The highest BCUT2D eigenvalue weighted by Crippen LogP contribution is 2.36. The second kappa shape index (κ2) is 11.8. The Hall–Kier alpha value is -2.74. The normalized spacial score (nSPS) is 20.9. The molecule has 4 rings (SSSR count). The number of benzene rings is 3. The van der Waals surface area contributed by atoms with Crippen LogP contribution in [-0.4, -0.2) is 42.9 Å². The fraction of sp³-hybridized carbons (Fsp3) is 0.379. The minimum atomic E-state index is -0.897. The van der Waals surface area contributed by atoms with Crippen LogP contribution >= 0.6 is 0 Å². The van der Waals surface area contributed by atoms with Gasteiger partial charge in [0.25, 0.3) is 0 Å². The van der Waals surface area contributed by atoms with E-state index in [2.05, 4.69) is 0 Å². The smallest absolute Gasteiger partial charge is 0.164 e. The van der Waals surface area contributed by atoms with E-state index < -0.39 is 30.2 Å². The molecule has 1 saturated heterocycles. The molecule has 4 atom stereocenters. The first kappa shape index (κ1) is 25.4. The average Bonchev–Trinajstić information content (AvgIpc) is 3.19. The molecule has 0 aromatic heterocycles. The van der Waals surface area contributed by atoms with Gasteiger partial charge in [-0.1, -0.05) is 72.8 Å². The molecule has 0 aliphatic carbocycles. The van der Waals surface area contributed by atoms with Crippen LogP contribution in [0, 0.1) is 0 Å². The van der Waals surface area contributed by atoms with Crippen molar-refractivity contribution in [2.75, 3.05) is 13.7 Å². The number of hydrogen-bond acceptors (Lipinski definition) is 6. The molecule has 6 nitrogen and oxygen atoms in total. The molecule has 6 heteroatoms. The lowest BCUT2D eigenvalue weighted by Gasteiger charge is -2.31. The Morgan fingerprint density at radius 3 is 2.11 bits per heavy atom. The fourth-order valence-electron chi connectivity index (χ4n) is 4.26. The van der Waals surface area contributed by atoms with E-state index >= 15 is 0 Å². The topological polar surface area (TPSA) is 66.4 Å². The molecule has 0 saturated carbocycles. The van der Waals surface area contributed by atoms with Gasteiger partial charge >= 0.3 is 0 Å². The summed E-state index contributed by atoms with van der Waals surface area (Å²) in [5, 5.41) is 11.3. The summed E-state index contributed by atoms with van der Waals surface area (Å²) >= 11 is 0. The van der Waals surface area contributed by atoms with Gasteiger partial charge in [-0.25, -0.2) is 0 Å². The van der Waals surface area contributed by atoms with Crippen molar-refractivity contribution in [1.82, 2.24) is 0 Å². The molecule has 3 aromatic carbocycles. The van der Waals surface area contributed by atoms with Gasteiger partial charge in [-0.15, -0.1) is 0 Å². The van der Waals surface area contributed by atoms with Crippen LogP contribution < -0.4 is 4.74 Å². The molecule has 1 aliphatic heterocycles. The van der Waals surface area contributed by atoms with Gasteiger partial charge in [-0.2, -0.15) is 0 Å². The van der Waals surface area contributed by atoms with Crippen molar-refractivity contribution in [3.63, 3.8) is 0 Å². The standard InChI is InChI=1S/C29H34O6/c1-29(2)34-25(20-32-18-22-14-16-24(31-3)17-15-22)27(35-29)28(26(30)23-12-8-5-9-13-23)33-19-21-10-6-4-7-11-21/h4-17,25-28,30H,18-20H2,1-3H3/t25-,26-,27+,28+/m0/s1. The average molecular weight is 479 g/mol. The van der Waals surface area contributed by atoms with Crippen LogP contribution in [0.2, 0.25) is 0 Å². The maximum Gasteiger partial charge on any atom is 0.164 e. The molecule has 35 heavy (non-hydrogen) atoms. The van der Waals surface area contributed by atoms with Crippen molar-refractivity contribution >= 4 is 0 Å². The predicted molar refractivity (Wildman–Crippen MR) is 133 cm³/mol. The van der Waals surface area contributed by atoms with E-state index in [1.807, 2.05) is 98.8 Å². The molecule has 0 bridgehead atoms. The van der Waals surface area contributed by atoms with Gasteiger partial charge in [0.1, 0.15) is 30.2 Å². The summed E-state index contributed by atoms with van der Waals surface area (Å²) in [4.78, 5) is 0. The van der Waals surface area contributed by atoms with Gasteiger partial charge in [-0.05, 0) is 42.7 Å². The Morgan fingerprint density at radius 1 is 0.829 bits per heavy atom. The Morgan fingerprint density at radius 2 is 1.46 bits per heavy atom. The Kier molecular flexibility index (Phi) is 8.55. The number of aliphatic hydroxyl groups is 1. The molecule has 1 N–H and O–H groups in total. The Bertz CT molecular complexity index is 1020. The highest BCUT2D eigenvalue weighted by atomic mass is 16.8. The number of aliphatic hydroxyl groups excluding tert-OH is 1.